The third-order valence-electron chi connectivity index (χ3n) is 5.05. The van der Waals surface area contributed by atoms with Gasteiger partial charge in [-0.25, -0.2) is 0 Å². The summed E-state index contributed by atoms with van der Waals surface area (Å²) in [4.78, 5) is 28.5. The minimum absolute atomic E-state index is 0.0764. The van der Waals surface area contributed by atoms with Crippen LogP contribution in [0, 0.1) is 0 Å². The molecule has 0 bridgehead atoms. The topological polar surface area (TPSA) is 101 Å². The lowest BCUT2D eigenvalue weighted by Gasteiger charge is -2.36. The van der Waals surface area contributed by atoms with Gasteiger partial charge in [-0.05, 0) is 49.1 Å². The van der Waals surface area contributed by atoms with E-state index in [-0.39, 0.29) is 37.0 Å². The van der Waals surface area contributed by atoms with E-state index in [4.69, 9.17) is 4.74 Å². The minimum atomic E-state index is -0.522. The van der Waals surface area contributed by atoms with Crippen LogP contribution in [0.3, 0.4) is 0 Å². The van der Waals surface area contributed by atoms with Crippen molar-refractivity contribution in [2.24, 2.45) is 0 Å². The van der Waals surface area contributed by atoms with Gasteiger partial charge in [0.15, 0.2) is 0 Å². The average molecular weight is 397 g/mol. The Hall–Kier alpha value is -2.77. The Morgan fingerprint density at radius 2 is 1.86 bits per heavy atom. The number of ether oxygens (including phenoxy) is 1. The molecule has 2 amide bonds. The number of aliphatic hydroxyl groups is 1. The third-order valence-corrected chi connectivity index (χ3v) is 5.05. The number of benzene rings is 1. The Bertz CT molecular complexity index is 785. The second kappa shape index (κ2) is 10.7. The summed E-state index contributed by atoms with van der Waals surface area (Å²) in [6.45, 7) is 0.342. The summed E-state index contributed by atoms with van der Waals surface area (Å²) < 4.78 is 5.89. The van der Waals surface area contributed by atoms with E-state index in [9.17, 15) is 14.7 Å². The molecule has 29 heavy (non-hydrogen) atoms. The Balaban J connectivity index is 1.42. The molecule has 0 radical (unpaired) electrons. The minimum Gasteiger partial charge on any atom is -0.394 e. The number of pyridine rings is 1. The maximum atomic E-state index is 12.4. The van der Waals surface area contributed by atoms with Crippen molar-refractivity contribution in [2.45, 2.75) is 43.9 Å². The van der Waals surface area contributed by atoms with Gasteiger partial charge in [0.2, 0.25) is 5.91 Å². The summed E-state index contributed by atoms with van der Waals surface area (Å²) in [6.07, 6.45) is 4.96. The lowest BCUT2D eigenvalue weighted by Crippen LogP contribution is -2.51. The molecule has 1 fully saturated rings. The first-order chi connectivity index (χ1) is 14.2. The maximum absolute atomic E-state index is 12.4. The predicted octanol–water partition coefficient (Wildman–Crippen LogP) is 1.47. The highest BCUT2D eigenvalue weighted by molar-refractivity contribution is 5.94. The summed E-state index contributed by atoms with van der Waals surface area (Å²) in [5, 5.41) is 15.5. The van der Waals surface area contributed by atoms with Crippen LogP contribution in [0.1, 0.15) is 35.2 Å². The molecule has 3 N–H and O–H groups in total. The molecule has 0 saturated carbocycles. The average Bonchev–Trinajstić information content (AvgIpc) is 2.76. The largest absolute Gasteiger partial charge is 0.394 e. The molecule has 0 aliphatic carbocycles. The van der Waals surface area contributed by atoms with Crippen LogP contribution in [-0.4, -0.2) is 53.3 Å². The van der Waals surface area contributed by atoms with Gasteiger partial charge in [-0.2, -0.15) is 0 Å². The first-order valence-electron chi connectivity index (χ1n) is 9.93. The molecule has 2 aromatic rings. The first-order valence-corrected chi connectivity index (χ1v) is 9.93. The third kappa shape index (κ3) is 6.37. The van der Waals surface area contributed by atoms with E-state index in [0.717, 1.165) is 12.0 Å². The van der Waals surface area contributed by atoms with Crippen LogP contribution in [0.15, 0.2) is 54.9 Å². The number of aliphatic hydroxyl groups excluding tert-OH is 1. The van der Waals surface area contributed by atoms with Crippen molar-refractivity contribution >= 4 is 11.8 Å². The molecule has 1 aliphatic rings. The van der Waals surface area contributed by atoms with E-state index in [2.05, 4.69) is 15.6 Å². The zero-order valence-corrected chi connectivity index (χ0v) is 16.3. The van der Waals surface area contributed by atoms with E-state index < -0.39 is 6.10 Å². The lowest BCUT2D eigenvalue weighted by molar-refractivity contribution is -0.130. The number of hydrogen-bond donors (Lipinski definition) is 3. The van der Waals surface area contributed by atoms with Gasteiger partial charge in [-0.3, -0.25) is 14.6 Å². The molecule has 0 unspecified atom stereocenters. The summed E-state index contributed by atoms with van der Waals surface area (Å²) in [6, 6.07) is 12.5. The molecule has 0 spiro atoms. The van der Waals surface area contributed by atoms with E-state index in [1.165, 1.54) is 0 Å². The Kier molecular flexibility index (Phi) is 7.72. The van der Waals surface area contributed by atoms with Crippen LogP contribution in [-0.2, 0) is 16.0 Å². The second-order valence-electron chi connectivity index (χ2n) is 7.16. The number of amides is 2. The molecule has 3 atom stereocenters. The number of carbonyl (C=O) groups is 2. The van der Waals surface area contributed by atoms with E-state index in [0.29, 0.717) is 24.9 Å². The highest BCUT2D eigenvalue weighted by Gasteiger charge is 2.32. The first kappa shape index (κ1) is 21.0. The van der Waals surface area contributed by atoms with Crippen LogP contribution in [0.25, 0.3) is 0 Å². The van der Waals surface area contributed by atoms with Crippen LogP contribution >= 0.6 is 0 Å². The smallest absolute Gasteiger partial charge is 0.251 e. The van der Waals surface area contributed by atoms with Gasteiger partial charge in [-0.1, -0.05) is 18.2 Å². The number of nitrogens with zero attached hydrogens (tertiary/aromatic N) is 1. The van der Waals surface area contributed by atoms with Crippen LogP contribution in [0.5, 0.6) is 0 Å². The Morgan fingerprint density at radius 1 is 1.10 bits per heavy atom. The summed E-state index contributed by atoms with van der Waals surface area (Å²) in [5.74, 6) is -0.266. The molecule has 7 heteroatoms. The van der Waals surface area contributed by atoms with Gasteiger partial charge in [-0.15, -0.1) is 0 Å². The molecule has 1 aromatic heterocycles. The monoisotopic (exact) mass is 397 g/mol. The quantitative estimate of drug-likeness (QED) is 0.626. The Labute approximate surface area is 170 Å². The van der Waals surface area contributed by atoms with Gasteiger partial charge in [0, 0.05) is 24.5 Å². The standard InChI is InChI=1S/C22H27N3O4/c26-15-20-19(25-22(28)17-4-2-1-3-5-17)7-6-18(29-20)14-21(27)24-13-10-16-8-11-23-12-9-16/h1-5,8-9,11-12,18-20,26H,6-7,10,13-15H2,(H,24,27)(H,25,28)/t18-,19+,20+/m1/s1. The summed E-state index contributed by atoms with van der Waals surface area (Å²) in [5.41, 5.74) is 1.69. The van der Waals surface area contributed by atoms with E-state index >= 15 is 0 Å². The van der Waals surface area contributed by atoms with E-state index in [1.807, 2.05) is 18.2 Å². The molecule has 154 valence electrons. The molecule has 1 saturated heterocycles. The fourth-order valence-corrected chi connectivity index (χ4v) is 3.46. The van der Waals surface area contributed by atoms with Crippen molar-refractivity contribution in [1.29, 1.82) is 0 Å². The fraction of sp³-hybridized carbons (Fsp3) is 0.409. The number of aromatic nitrogens is 1. The lowest BCUT2D eigenvalue weighted by atomic mass is 9.96. The molecule has 7 nitrogen and oxygen atoms in total. The second-order valence-corrected chi connectivity index (χ2v) is 7.16. The molecular formula is C22H27N3O4. The summed E-state index contributed by atoms with van der Waals surface area (Å²) >= 11 is 0. The van der Waals surface area contributed by atoms with Crippen LogP contribution in [0.4, 0.5) is 0 Å². The molecule has 1 aliphatic heterocycles. The highest BCUT2D eigenvalue weighted by atomic mass is 16.5. The zero-order valence-electron chi connectivity index (χ0n) is 16.3. The van der Waals surface area contributed by atoms with Crippen molar-refractivity contribution in [2.75, 3.05) is 13.2 Å². The summed E-state index contributed by atoms with van der Waals surface area (Å²) in [7, 11) is 0. The van der Waals surface area contributed by atoms with Crippen molar-refractivity contribution in [3.8, 4) is 0 Å². The highest BCUT2D eigenvalue weighted by Crippen LogP contribution is 2.22. The van der Waals surface area contributed by atoms with E-state index in [1.54, 1.807) is 36.7 Å². The fourth-order valence-electron chi connectivity index (χ4n) is 3.46. The van der Waals surface area contributed by atoms with Crippen molar-refractivity contribution in [3.63, 3.8) is 0 Å². The van der Waals surface area contributed by atoms with Gasteiger partial charge in [0.1, 0.15) is 6.10 Å². The van der Waals surface area contributed by atoms with Gasteiger partial charge < -0.3 is 20.5 Å². The van der Waals surface area contributed by atoms with Crippen LogP contribution < -0.4 is 10.6 Å². The normalized spacial score (nSPS) is 21.3. The number of nitrogens with one attached hydrogen (secondary N) is 2. The van der Waals surface area contributed by atoms with Crippen molar-refractivity contribution in [3.05, 3.63) is 66.0 Å². The molecule has 2 heterocycles. The van der Waals surface area contributed by atoms with Gasteiger partial charge in [0.05, 0.1) is 25.2 Å². The maximum Gasteiger partial charge on any atom is 0.251 e. The Morgan fingerprint density at radius 3 is 2.59 bits per heavy atom. The van der Waals surface area contributed by atoms with Crippen molar-refractivity contribution in [1.82, 2.24) is 15.6 Å². The predicted molar refractivity (Wildman–Crippen MR) is 108 cm³/mol. The van der Waals surface area contributed by atoms with Gasteiger partial charge >= 0.3 is 0 Å². The van der Waals surface area contributed by atoms with Gasteiger partial charge in [0.25, 0.3) is 5.91 Å². The van der Waals surface area contributed by atoms with Crippen LogP contribution in [0.2, 0.25) is 0 Å². The zero-order chi connectivity index (χ0) is 20.5. The number of carbonyl (C=O) groups excluding carboxylic acids is 2. The molecule has 1 aromatic carbocycles. The number of hydrogen-bond acceptors (Lipinski definition) is 5. The SMILES string of the molecule is O=C(C[C@H]1CC[C@H](NC(=O)c2ccccc2)[C@H](CO)O1)NCCc1ccncc1. The molecule has 3 rings (SSSR count). The molecular weight excluding hydrogens is 370 g/mol. The number of rotatable bonds is 8. The van der Waals surface area contributed by atoms with Crippen molar-refractivity contribution < 1.29 is 19.4 Å².